The second-order valence-electron chi connectivity index (χ2n) is 5.09. The van der Waals surface area contributed by atoms with Crippen LogP contribution < -0.4 is 9.30 Å². The molecule has 3 rings (SSSR count). The van der Waals surface area contributed by atoms with E-state index < -0.39 is 0 Å². The van der Waals surface area contributed by atoms with Gasteiger partial charge in [0.05, 0.1) is 9.13 Å². The van der Waals surface area contributed by atoms with Crippen molar-refractivity contribution in [3.8, 4) is 5.75 Å². The average molecular weight is 402 g/mol. The zero-order chi connectivity index (χ0) is 15.2. The topological polar surface area (TPSA) is 13.1 Å². The van der Waals surface area contributed by atoms with Gasteiger partial charge in [0.15, 0.2) is 18.9 Å². The Morgan fingerprint density at radius 2 is 1.55 bits per heavy atom. The maximum absolute atomic E-state index is 5.91. The number of hydrogen-bond acceptors (Lipinski definition) is 1. The molecule has 0 radical (unpaired) electrons. The van der Waals surface area contributed by atoms with E-state index in [1.165, 1.54) is 5.56 Å². The monoisotopic (exact) mass is 402 g/mol. The number of benzene rings is 2. The van der Waals surface area contributed by atoms with Crippen molar-refractivity contribution in [1.82, 2.24) is 0 Å². The van der Waals surface area contributed by atoms with E-state index in [0.717, 1.165) is 21.4 Å². The lowest BCUT2D eigenvalue weighted by molar-refractivity contribution is -0.688. The zero-order valence-corrected chi connectivity index (χ0v) is 14.3. The normalized spacial score (nSPS) is 10.4. The molecule has 0 N–H and O–H groups in total. The summed E-state index contributed by atoms with van der Waals surface area (Å²) in [6, 6.07) is 22.7. The van der Waals surface area contributed by atoms with E-state index in [1.54, 1.807) is 0 Å². The molecule has 0 saturated heterocycles. The largest absolute Gasteiger partial charge is 0.488 e. The fraction of sp³-hybridized carbons (Fsp3) is 0.105. The van der Waals surface area contributed by atoms with Crippen LogP contribution >= 0.6 is 22.6 Å². The molecule has 0 spiro atoms. The first-order chi connectivity index (χ1) is 10.8. The molecule has 0 aliphatic carbocycles. The van der Waals surface area contributed by atoms with E-state index in [1.807, 2.05) is 24.3 Å². The Kier molecular flexibility index (Phi) is 5.06. The van der Waals surface area contributed by atoms with E-state index >= 15 is 0 Å². The lowest BCUT2D eigenvalue weighted by Gasteiger charge is -2.07. The molecule has 0 amide bonds. The molecule has 1 aromatic heterocycles. The Morgan fingerprint density at radius 3 is 2.36 bits per heavy atom. The van der Waals surface area contributed by atoms with Crippen molar-refractivity contribution in [3.63, 3.8) is 0 Å². The zero-order valence-electron chi connectivity index (χ0n) is 12.2. The van der Waals surface area contributed by atoms with Crippen LogP contribution in [0.2, 0.25) is 0 Å². The molecule has 3 aromatic rings. The van der Waals surface area contributed by atoms with Crippen molar-refractivity contribution in [2.45, 2.75) is 13.2 Å². The lowest BCUT2D eigenvalue weighted by Crippen LogP contribution is -2.33. The van der Waals surface area contributed by atoms with Gasteiger partial charge in [-0.25, -0.2) is 4.57 Å². The highest BCUT2D eigenvalue weighted by Crippen LogP contribution is 2.20. The van der Waals surface area contributed by atoms with Gasteiger partial charge >= 0.3 is 0 Å². The van der Waals surface area contributed by atoms with Gasteiger partial charge in [0.2, 0.25) is 0 Å². The van der Waals surface area contributed by atoms with Crippen LogP contribution in [0.3, 0.4) is 0 Å². The molecule has 0 bridgehead atoms. The second-order valence-corrected chi connectivity index (χ2v) is 6.25. The smallest absolute Gasteiger partial charge is 0.175 e. The molecule has 2 aromatic carbocycles. The Hall–Kier alpha value is -1.88. The summed E-state index contributed by atoms with van der Waals surface area (Å²) < 4.78 is 9.22. The van der Waals surface area contributed by atoms with Gasteiger partial charge in [-0.2, -0.15) is 0 Å². The summed E-state index contributed by atoms with van der Waals surface area (Å²) in [5.41, 5.74) is 2.46. The minimum absolute atomic E-state index is 0.579. The molecule has 0 saturated carbocycles. The number of pyridine rings is 1. The van der Waals surface area contributed by atoms with E-state index in [4.69, 9.17) is 4.74 Å². The summed E-state index contributed by atoms with van der Waals surface area (Å²) in [6.07, 6.45) is 4.23. The molecule has 0 aliphatic rings. The summed E-state index contributed by atoms with van der Waals surface area (Å²) in [5, 5.41) is 0. The van der Waals surface area contributed by atoms with Crippen LogP contribution in [0.15, 0.2) is 79.1 Å². The van der Waals surface area contributed by atoms with E-state index in [0.29, 0.717) is 6.61 Å². The van der Waals surface area contributed by atoms with E-state index in [-0.39, 0.29) is 0 Å². The van der Waals surface area contributed by atoms with Crippen LogP contribution in [0.4, 0.5) is 0 Å². The van der Waals surface area contributed by atoms with Crippen LogP contribution in [0.5, 0.6) is 5.75 Å². The molecular formula is C19H17INO+. The van der Waals surface area contributed by atoms with Gasteiger partial charge in [-0.05, 0) is 40.8 Å². The Morgan fingerprint density at radius 1 is 0.818 bits per heavy atom. The summed E-state index contributed by atoms with van der Waals surface area (Å²) in [5.74, 6) is 0.932. The first kappa shape index (κ1) is 15.0. The minimum Gasteiger partial charge on any atom is -0.488 e. The maximum Gasteiger partial charge on any atom is 0.175 e. The lowest BCUT2D eigenvalue weighted by atomic mass is 10.2. The predicted octanol–water partition coefficient (Wildman–Crippen LogP) is 4.21. The van der Waals surface area contributed by atoms with Crippen molar-refractivity contribution in [3.05, 3.63) is 93.8 Å². The maximum atomic E-state index is 5.91. The highest BCUT2D eigenvalue weighted by molar-refractivity contribution is 14.1. The van der Waals surface area contributed by atoms with Gasteiger partial charge < -0.3 is 4.74 Å². The van der Waals surface area contributed by atoms with Gasteiger partial charge in [0.25, 0.3) is 0 Å². The second kappa shape index (κ2) is 7.40. The Bertz CT molecular complexity index is 743. The quantitative estimate of drug-likeness (QED) is 0.461. The van der Waals surface area contributed by atoms with Crippen molar-refractivity contribution in [2.24, 2.45) is 0 Å². The van der Waals surface area contributed by atoms with Gasteiger partial charge in [-0.1, -0.05) is 42.5 Å². The Balaban J connectivity index is 1.68. The number of nitrogens with zero attached hydrogens (tertiary/aromatic N) is 1. The van der Waals surface area contributed by atoms with Crippen LogP contribution in [-0.2, 0) is 13.2 Å². The molecule has 0 unspecified atom stereocenters. The number of para-hydroxylation sites is 1. The molecule has 22 heavy (non-hydrogen) atoms. The Labute approximate surface area is 144 Å². The molecule has 0 atom stereocenters. The minimum atomic E-state index is 0.579. The van der Waals surface area contributed by atoms with Gasteiger partial charge in [0, 0.05) is 11.6 Å². The third-order valence-corrected chi connectivity index (χ3v) is 4.25. The number of rotatable bonds is 5. The number of ether oxygens (including phenoxy) is 1. The third-order valence-electron chi connectivity index (χ3n) is 3.36. The van der Waals surface area contributed by atoms with Gasteiger partial charge in [-0.3, -0.25) is 0 Å². The van der Waals surface area contributed by atoms with Crippen LogP contribution in [0.25, 0.3) is 0 Å². The summed E-state index contributed by atoms with van der Waals surface area (Å²) in [4.78, 5) is 0. The first-order valence-electron chi connectivity index (χ1n) is 7.20. The van der Waals surface area contributed by atoms with Crippen molar-refractivity contribution in [1.29, 1.82) is 0 Å². The molecule has 110 valence electrons. The molecule has 3 heteroatoms. The van der Waals surface area contributed by atoms with Crippen molar-refractivity contribution < 1.29 is 9.30 Å². The summed E-state index contributed by atoms with van der Waals surface area (Å²) in [6.45, 7) is 1.45. The highest BCUT2D eigenvalue weighted by atomic mass is 127. The summed E-state index contributed by atoms with van der Waals surface area (Å²) >= 11 is 2.29. The van der Waals surface area contributed by atoms with Crippen LogP contribution in [0, 0.1) is 3.57 Å². The van der Waals surface area contributed by atoms with Crippen LogP contribution in [-0.4, -0.2) is 0 Å². The fourth-order valence-corrected chi connectivity index (χ4v) is 2.82. The molecule has 0 aliphatic heterocycles. The molecule has 2 nitrogen and oxygen atoms in total. The molecule has 0 fully saturated rings. The van der Waals surface area contributed by atoms with Gasteiger partial charge in [0.1, 0.15) is 12.4 Å². The number of hydrogen-bond donors (Lipinski definition) is 0. The first-order valence-corrected chi connectivity index (χ1v) is 8.28. The van der Waals surface area contributed by atoms with Crippen LogP contribution in [0.1, 0.15) is 11.1 Å². The third kappa shape index (κ3) is 4.07. The molecular weight excluding hydrogens is 385 g/mol. The highest BCUT2D eigenvalue weighted by Gasteiger charge is 2.06. The standard InChI is InChI=1S/C19H17INO/c20-18-10-4-5-11-19(18)22-15-17-9-6-12-21(14-17)13-16-7-2-1-3-8-16/h1-12,14H,13,15H2/q+1. The van der Waals surface area contributed by atoms with Gasteiger partial charge in [-0.15, -0.1) is 0 Å². The van der Waals surface area contributed by atoms with Crippen molar-refractivity contribution in [2.75, 3.05) is 0 Å². The van der Waals surface area contributed by atoms with E-state index in [2.05, 4.69) is 82.0 Å². The summed E-state index contributed by atoms with van der Waals surface area (Å²) in [7, 11) is 0. The van der Waals surface area contributed by atoms with E-state index in [9.17, 15) is 0 Å². The molecule has 1 heterocycles. The van der Waals surface area contributed by atoms with Crippen molar-refractivity contribution >= 4 is 22.6 Å². The fourth-order valence-electron chi connectivity index (χ4n) is 2.28. The number of halogens is 1. The average Bonchev–Trinajstić information content (AvgIpc) is 2.55. The SMILES string of the molecule is Ic1ccccc1OCc1ccc[n+](Cc2ccccc2)c1. The number of aromatic nitrogens is 1. The predicted molar refractivity (Wildman–Crippen MR) is 95.7 cm³/mol.